The molecule has 1 aromatic rings. The molecule has 0 spiro atoms. The Kier molecular flexibility index (Phi) is 5.40. The van der Waals surface area contributed by atoms with Gasteiger partial charge < -0.3 is 9.73 Å². The van der Waals surface area contributed by atoms with E-state index >= 15 is 0 Å². The molecule has 0 radical (unpaired) electrons. The molecule has 86 valence electrons. The van der Waals surface area contributed by atoms with E-state index in [9.17, 15) is 0 Å². The van der Waals surface area contributed by atoms with Gasteiger partial charge in [0, 0.05) is 0 Å². The summed E-state index contributed by atoms with van der Waals surface area (Å²) in [5.41, 5.74) is 0. The molecular formula is C12H20BrNO. The minimum absolute atomic E-state index is 0.273. The molecule has 0 aliphatic rings. The van der Waals surface area contributed by atoms with E-state index in [1.807, 2.05) is 6.07 Å². The Morgan fingerprint density at radius 2 is 2.07 bits per heavy atom. The lowest BCUT2D eigenvalue weighted by Crippen LogP contribution is -2.25. The molecule has 1 N–H and O–H groups in total. The molecule has 0 aliphatic carbocycles. The average Bonchev–Trinajstić information content (AvgIpc) is 2.66. The Labute approximate surface area is 101 Å². The maximum atomic E-state index is 5.42. The van der Waals surface area contributed by atoms with Gasteiger partial charge >= 0.3 is 0 Å². The monoisotopic (exact) mass is 273 g/mol. The van der Waals surface area contributed by atoms with Crippen molar-refractivity contribution in [2.75, 3.05) is 6.54 Å². The minimum atomic E-state index is 0.273. The van der Waals surface area contributed by atoms with Crippen molar-refractivity contribution < 1.29 is 4.42 Å². The molecule has 1 rings (SSSR count). The van der Waals surface area contributed by atoms with Crippen LogP contribution in [0.3, 0.4) is 0 Å². The van der Waals surface area contributed by atoms with Crippen LogP contribution in [-0.4, -0.2) is 6.54 Å². The first kappa shape index (κ1) is 12.8. The van der Waals surface area contributed by atoms with Crippen LogP contribution in [-0.2, 0) is 0 Å². The van der Waals surface area contributed by atoms with Gasteiger partial charge in [0.2, 0.25) is 0 Å². The van der Waals surface area contributed by atoms with Crippen LogP contribution in [0.4, 0.5) is 0 Å². The third-order valence-electron chi connectivity index (χ3n) is 2.91. The van der Waals surface area contributed by atoms with Crippen molar-refractivity contribution in [2.45, 2.75) is 39.7 Å². The van der Waals surface area contributed by atoms with Crippen molar-refractivity contribution in [1.82, 2.24) is 5.32 Å². The zero-order valence-electron chi connectivity index (χ0n) is 9.72. The molecule has 1 heterocycles. The third-order valence-corrected chi connectivity index (χ3v) is 3.56. The standard InChI is InChI=1S/C12H20BrNO/c1-4-10(5-2)8-14-9(3)12-11(13)6-7-15-12/h6-7,9-10,14H,4-5,8H2,1-3H3. The van der Waals surface area contributed by atoms with Crippen LogP contribution in [0.5, 0.6) is 0 Å². The van der Waals surface area contributed by atoms with E-state index in [1.165, 1.54) is 12.8 Å². The van der Waals surface area contributed by atoms with Crippen molar-refractivity contribution in [1.29, 1.82) is 0 Å². The highest BCUT2D eigenvalue weighted by atomic mass is 79.9. The fourth-order valence-corrected chi connectivity index (χ4v) is 2.17. The molecule has 0 aliphatic heterocycles. The van der Waals surface area contributed by atoms with Gasteiger partial charge in [0.25, 0.3) is 0 Å². The fraction of sp³-hybridized carbons (Fsp3) is 0.667. The van der Waals surface area contributed by atoms with E-state index in [0.29, 0.717) is 0 Å². The number of hydrogen-bond donors (Lipinski definition) is 1. The summed E-state index contributed by atoms with van der Waals surface area (Å²) in [5.74, 6) is 1.75. The number of furan rings is 1. The number of hydrogen-bond acceptors (Lipinski definition) is 2. The van der Waals surface area contributed by atoms with E-state index in [0.717, 1.165) is 22.7 Å². The molecule has 0 saturated heterocycles. The normalized spacial score (nSPS) is 13.4. The summed E-state index contributed by atoms with van der Waals surface area (Å²) in [6.07, 6.45) is 4.18. The van der Waals surface area contributed by atoms with Crippen LogP contribution < -0.4 is 5.32 Å². The van der Waals surface area contributed by atoms with Gasteiger partial charge in [-0.1, -0.05) is 26.7 Å². The predicted octanol–water partition coefficient (Wildman–Crippen LogP) is 4.13. The van der Waals surface area contributed by atoms with Gasteiger partial charge in [-0.3, -0.25) is 0 Å². The molecule has 0 bridgehead atoms. The Hall–Kier alpha value is -0.280. The first-order valence-corrected chi connectivity index (χ1v) is 6.44. The highest BCUT2D eigenvalue weighted by Gasteiger charge is 2.13. The van der Waals surface area contributed by atoms with Crippen LogP contribution in [0.2, 0.25) is 0 Å². The lowest BCUT2D eigenvalue weighted by atomic mass is 10.0. The minimum Gasteiger partial charge on any atom is -0.466 e. The van der Waals surface area contributed by atoms with Crippen LogP contribution in [0.25, 0.3) is 0 Å². The highest BCUT2D eigenvalue weighted by molar-refractivity contribution is 9.10. The molecular weight excluding hydrogens is 254 g/mol. The quantitative estimate of drug-likeness (QED) is 0.843. The maximum absolute atomic E-state index is 5.42. The molecule has 1 unspecified atom stereocenters. The van der Waals surface area contributed by atoms with Gasteiger partial charge in [-0.2, -0.15) is 0 Å². The van der Waals surface area contributed by atoms with Crippen molar-refractivity contribution in [3.8, 4) is 0 Å². The van der Waals surface area contributed by atoms with E-state index in [1.54, 1.807) is 6.26 Å². The first-order chi connectivity index (χ1) is 7.19. The van der Waals surface area contributed by atoms with Gasteiger partial charge in [0.15, 0.2) is 0 Å². The second-order valence-electron chi connectivity index (χ2n) is 3.95. The second kappa shape index (κ2) is 6.33. The SMILES string of the molecule is CCC(CC)CNC(C)c1occc1Br. The van der Waals surface area contributed by atoms with Crippen molar-refractivity contribution >= 4 is 15.9 Å². The van der Waals surface area contributed by atoms with Gasteiger partial charge in [-0.05, 0) is 41.4 Å². The molecule has 0 fully saturated rings. The molecule has 1 aromatic heterocycles. The van der Waals surface area contributed by atoms with Gasteiger partial charge in [-0.15, -0.1) is 0 Å². The predicted molar refractivity (Wildman–Crippen MR) is 66.9 cm³/mol. The maximum Gasteiger partial charge on any atom is 0.134 e. The lowest BCUT2D eigenvalue weighted by Gasteiger charge is -2.17. The molecule has 15 heavy (non-hydrogen) atoms. The summed E-state index contributed by atoms with van der Waals surface area (Å²) in [6.45, 7) is 7.67. The Morgan fingerprint density at radius 1 is 1.40 bits per heavy atom. The first-order valence-electron chi connectivity index (χ1n) is 5.65. The summed E-state index contributed by atoms with van der Waals surface area (Å²) in [4.78, 5) is 0. The van der Waals surface area contributed by atoms with Crippen molar-refractivity contribution in [3.05, 3.63) is 22.6 Å². The van der Waals surface area contributed by atoms with E-state index < -0.39 is 0 Å². The van der Waals surface area contributed by atoms with Gasteiger partial charge in [0.1, 0.15) is 5.76 Å². The molecule has 3 heteroatoms. The molecule has 1 atom stereocenters. The fourth-order valence-electron chi connectivity index (χ4n) is 1.63. The van der Waals surface area contributed by atoms with Crippen molar-refractivity contribution in [3.63, 3.8) is 0 Å². The van der Waals surface area contributed by atoms with Crippen LogP contribution in [0, 0.1) is 5.92 Å². The van der Waals surface area contributed by atoms with E-state index in [-0.39, 0.29) is 6.04 Å². The lowest BCUT2D eigenvalue weighted by molar-refractivity contribution is 0.381. The van der Waals surface area contributed by atoms with E-state index in [2.05, 4.69) is 42.0 Å². The summed E-state index contributed by atoms with van der Waals surface area (Å²) in [7, 11) is 0. The number of halogens is 1. The summed E-state index contributed by atoms with van der Waals surface area (Å²) in [6, 6.07) is 2.21. The smallest absolute Gasteiger partial charge is 0.134 e. The topological polar surface area (TPSA) is 25.2 Å². The highest BCUT2D eigenvalue weighted by Crippen LogP contribution is 2.24. The van der Waals surface area contributed by atoms with Crippen LogP contribution in [0.1, 0.15) is 45.4 Å². The molecule has 0 saturated carbocycles. The summed E-state index contributed by atoms with van der Waals surface area (Å²) >= 11 is 3.47. The zero-order chi connectivity index (χ0) is 11.3. The molecule has 0 amide bonds. The third kappa shape index (κ3) is 3.65. The Balaban J connectivity index is 2.42. The van der Waals surface area contributed by atoms with E-state index in [4.69, 9.17) is 4.42 Å². The number of nitrogens with one attached hydrogen (secondary N) is 1. The Bertz CT molecular complexity index is 281. The average molecular weight is 274 g/mol. The Morgan fingerprint density at radius 3 is 2.53 bits per heavy atom. The molecule has 2 nitrogen and oxygen atoms in total. The summed E-state index contributed by atoms with van der Waals surface area (Å²) in [5, 5.41) is 3.50. The number of rotatable bonds is 6. The largest absolute Gasteiger partial charge is 0.466 e. The van der Waals surface area contributed by atoms with Crippen molar-refractivity contribution in [2.24, 2.45) is 5.92 Å². The molecule has 0 aromatic carbocycles. The van der Waals surface area contributed by atoms with Gasteiger partial charge in [0.05, 0.1) is 16.8 Å². The second-order valence-corrected chi connectivity index (χ2v) is 4.80. The van der Waals surface area contributed by atoms with Gasteiger partial charge in [-0.25, -0.2) is 0 Å². The summed E-state index contributed by atoms with van der Waals surface area (Å²) < 4.78 is 6.46. The van der Waals surface area contributed by atoms with Crippen LogP contribution >= 0.6 is 15.9 Å². The zero-order valence-corrected chi connectivity index (χ0v) is 11.3. The van der Waals surface area contributed by atoms with Crippen LogP contribution in [0.15, 0.2) is 21.2 Å².